The van der Waals surface area contributed by atoms with Crippen molar-refractivity contribution in [3.8, 4) is 22.9 Å². The van der Waals surface area contributed by atoms with Crippen molar-refractivity contribution in [3.05, 3.63) is 69.4 Å². The molecule has 2 fully saturated rings. The first-order valence-corrected chi connectivity index (χ1v) is 15.2. The van der Waals surface area contributed by atoms with Gasteiger partial charge in [-0.2, -0.15) is 4.98 Å². The molecule has 11 nitrogen and oxygen atoms in total. The largest absolute Gasteiger partial charge is 0.439 e. The van der Waals surface area contributed by atoms with Crippen molar-refractivity contribution < 1.29 is 9.26 Å². The second-order valence-corrected chi connectivity index (χ2v) is 12.1. The minimum absolute atomic E-state index is 0.0192. The Kier molecular flexibility index (Phi) is 7.44. The van der Waals surface area contributed by atoms with Gasteiger partial charge in [0.25, 0.3) is 0 Å². The van der Waals surface area contributed by atoms with E-state index in [9.17, 15) is 4.79 Å². The van der Waals surface area contributed by atoms with Crippen LogP contribution in [0.5, 0.6) is 0 Å². The highest BCUT2D eigenvalue weighted by molar-refractivity contribution is 6.30. The van der Waals surface area contributed by atoms with Gasteiger partial charge < -0.3 is 14.2 Å². The average Bonchev–Trinajstić information content (AvgIpc) is 3.63. The van der Waals surface area contributed by atoms with E-state index in [1.807, 2.05) is 19.1 Å². The Morgan fingerprint density at radius 2 is 1.91 bits per heavy atom. The smallest absolute Gasteiger partial charge is 0.377 e. The molecule has 1 saturated carbocycles. The Morgan fingerprint density at radius 3 is 2.67 bits per heavy atom. The number of fused-ring (bicyclic) bond motifs is 1. The quantitative estimate of drug-likeness (QED) is 0.265. The van der Waals surface area contributed by atoms with Crippen LogP contribution in [0.1, 0.15) is 49.9 Å². The van der Waals surface area contributed by atoms with Gasteiger partial charge in [-0.25, -0.2) is 14.8 Å². The normalized spacial score (nSPS) is 21.0. The SMILES string of the molecule is Cc1ncc(Cl)cc1-c1nc(-c2noc(=O)[nH]2)nc2nc(N3CCOC[C@H]3c3ccccc3)n(C[C@H]3CC[C@H](C)CC3)c12. The lowest BCUT2D eigenvalue weighted by Gasteiger charge is -2.37. The summed E-state index contributed by atoms with van der Waals surface area (Å²) >= 11 is 6.48. The van der Waals surface area contributed by atoms with Crippen molar-refractivity contribution in [3.63, 3.8) is 0 Å². The highest BCUT2D eigenvalue weighted by Gasteiger charge is 2.32. The standard InChI is InChI=1S/C31H33ClN8O3/c1-18-8-10-20(11-9-18)16-40-26-25(23-14-22(32)15-33-19(23)2)34-28(29-37-31(41)43-38-29)35-27(26)36-30(40)39-12-13-42-17-24(39)21-6-4-3-5-7-21/h3-7,14-15,18,20,24H,8-13,16-17H2,1-2H3,(H,37,38,41)/t18-,20-,24-/m0/s1. The van der Waals surface area contributed by atoms with Crippen LogP contribution in [0.2, 0.25) is 5.02 Å². The molecule has 1 N–H and O–H groups in total. The van der Waals surface area contributed by atoms with E-state index >= 15 is 0 Å². The topological polar surface area (TPSA) is 128 Å². The number of rotatable bonds is 6. The number of aryl methyl sites for hydroxylation is 1. The first kappa shape index (κ1) is 27.7. The second-order valence-electron chi connectivity index (χ2n) is 11.6. The number of aromatic amines is 1. The number of aromatic nitrogens is 7. The van der Waals surface area contributed by atoms with Gasteiger partial charge in [0.2, 0.25) is 17.6 Å². The van der Waals surface area contributed by atoms with Gasteiger partial charge >= 0.3 is 5.76 Å². The molecule has 0 radical (unpaired) electrons. The number of benzene rings is 1. The fraction of sp³-hybridized carbons (Fsp3) is 0.419. The van der Waals surface area contributed by atoms with Crippen LogP contribution < -0.4 is 10.7 Å². The number of hydrogen-bond donors (Lipinski definition) is 1. The maximum Gasteiger partial charge on any atom is 0.439 e. The number of halogens is 1. The molecular formula is C31H33ClN8O3. The van der Waals surface area contributed by atoms with Crippen molar-refractivity contribution in [1.29, 1.82) is 0 Å². The van der Waals surface area contributed by atoms with E-state index in [1.54, 1.807) is 6.20 Å². The molecule has 4 aromatic heterocycles. The maximum absolute atomic E-state index is 11.9. The zero-order valence-corrected chi connectivity index (χ0v) is 24.9. The minimum Gasteiger partial charge on any atom is -0.377 e. The van der Waals surface area contributed by atoms with Gasteiger partial charge in [0.1, 0.15) is 11.2 Å². The van der Waals surface area contributed by atoms with Gasteiger partial charge in [0.05, 0.1) is 24.3 Å². The zero-order chi connectivity index (χ0) is 29.5. The van der Waals surface area contributed by atoms with Gasteiger partial charge in [-0.05, 0) is 43.2 Å². The Balaban J connectivity index is 1.47. The first-order valence-electron chi connectivity index (χ1n) is 14.8. The molecule has 0 unspecified atom stereocenters. The van der Waals surface area contributed by atoms with Crippen LogP contribution in [0.3, 0.4) is 0 Å². The van der Waals surface area contributed by atoms with Crippen molar-refractivity contribution >= 4 is 28.7 Å². The van der Waals surface area contributed by atoms with Crippen LogP contribution >= 0.6 is 11.6 Å². The van der Waals surface area contributed by atoms with Crippen LogP contribution in [-0.4, -0.2) is 54.4 Å². The van der Waals surface area contributed by atoms with Gasteiger partial charge in [-0.1, -0.05) is 66.9 Å². The second kappa shape index (κ2) is 11.5. The number of pyridine rings is 1. The third-order valence-electron chi connectivity index (χ3n) is 8.69. The lowest BCUT2D eigenvalue weighted by Crippen LogP contribution is -2.41. The lowest BCUT2D eigenvalue weighted by atomic mass is 9.83. The number of morpholine rings is 1. The van der Waals surface area contributed by atoms with Crippen molar-refractivity contribution in [2.24, 2.45) is 11.8 Å². The fourth-order valence-corrected chi connectivity index (χ4v) is 6.51. The minimum atomic E-state index is -0.683. The van der Waals surface area contributed by atoms with Gasteiger partial charge in [-0.15, -0.1) is 0 Å². The third kappa shape index (κ3) is 5.43. The molecule has 1 aliphatic heterocycles. The molecule has 1 aliphatic carbocycles. The number of imidazole rings is 1. The molecule has 0 spiro atoms. The zero-order valence-electron chi connectivity index (χ0n) is 24.2. The summed E-state index contributed by atoms with van der Waals surface area (Å²) in [6.07, 6.45) is 6.34. The molecule has 7 rings (SSSR count). The Labute approximate surface area is 253 Å². The fourth-order valence-electron chi connectivity index (χ4n) is 6.35. The summed E-state index contributed by atoms with van der Waals surface area (Å²) in [5.74, 6) is 1.70. The predicted octanol–water partition coefficient (Wildman–Crippen LogP) is 5.60. The summed E-state index contributed by atoms with van der Waals surface area (Å²) in [7, 11) is 0. The van der Waals surface area contributed by atoms with Crippen LogP contribution in [0.4, 0.5) is 5.95 Å². The molecule has 1 atom stereocenters. The molecule has 1 saturated heterocycles. The number of nitrogens with one attached hydrogen (secondary N) is 1. The molecular weight excluding hydrogens is 568 g/mol. The molecule has 12 heteroatoms. The molecule has 0 amide bonds. The molecule has 43 heavy (non-hydrogen) atoms. The van der Waals surface area contributed by atoms with Gasteiger partial charge in [0.15, 0.2) is 5.65 Å². The van der Waals surface area contributed by atoms with Gasteiger partial charge in [0, 0.05) is 30.5 Å². The summed E-state index contributed by atoms with van der Waals surface area (Å²) in [6, 6.07) is 12.2. The van der Waals surface area contributed by atoms with Crippen LogP contribution in [0, 0.1) is 18.8 Å². The third-order valence-corrected chi connectivity index (χ3v) is 8.90. The molecule has 222 valence electrons. The molecule has 5 heterocycles. The molecule has 0 bridgehead atoms. The lowest BCUT2D eigenvalue weighted by molar-refractivity contribution is 0.0927. The summed E-state index contributed by atoms with van der Waals surface area (Å²) < 4.78 is 13.1. The number of anilines is 1. The molecule has 2 aliphatic rings. The number of H-pyrrole nitrogens is 1. The van der Waals surface area contributed by atoms with E-state index in [0.29, 0.717) is 42.0 Å². The highest BCUT2D eigenvalue weighted by Crippen LogP contribution is 2.39. The van der Waals surface area contributed by atoms with E-state index in [-0.39, 0.29) is 17.7 Å². The maximum atomic E-state index is 11.9. The number of nitrogens with zero attached hydrogens (tertiary/aromatic N) is 7. The monoisotopic (exact) mass is 600 g/mol. The molecule has 1 aromatic carbocycles. The Bertz CT molecular complexity index is 1810. The van der Waals surface area contributed by atoms with Gasteiger partial charge in [-0.3, -0.25) is 14.5 Å². The van der Waals surface area contributed by atoms with Crippen LogP contribution in [0.25, 0.3) is 34.1 Å². The van der Waals surface area contributed by atoms with Crippen LogP contribution in [0.15, 0.2) is 51.9 Å². The van der Waals surface area contributed by atoms with Crippen molar-refractivity contribution in [2.45, 2.75) is 52.1 Å². The van der Waals surface area contributed by atoms with E-state index < -0.39 is 5.76 Å². The van der Waals surface area contributed by atoms with Crippen LogP contribution in [-0.2, 0) is 11.3 Å². The average molecular weight is 601 g/mol. The van der Waals surface area contributed by atoms with E-state index in [0.717, 1.165) is 53.6 Å². The van der Waals surface area contributed by atoms with Crippen molar-refractivity contribution in [2.75, 3.05) is 24.7 Å². The molecule has 5 aromatic rings. The summed E-state index contributed by atoms with van der Waals surface area (Å²) in [4.78, 5) is 36.3. The van der Waals surface area contributed by atoms with E-state index in [2.05, 4.69) is 55.8 Å². The number of hydrogen-bond acceptors (Lipinski definition) is 9. The Morgan fingerprint density at radius 1 is 1.09 bits per heavy atom. The predicted molar refractivity (Wildman–Crippen MR) is 163 cm³/mol. The highest BCUT2D eigenvalue weighted by atomic mass is 35.5. The number of ether oxygens (including phenoxy) is 1. The van der Waals surface area contributed by atoms with E-state index in [4.69, 9.17) is 35.8 Å². The first-order chi connectivity index (χ1) is 20.9. The summed E-state index contributed by atoms with van der Waals surface area (Å²) in [6.45, 7) is 6.86. The summed E-state index contributed by atoms with van der Waals surface area (Å²) in [5, 5.41) is 4.36. The van der Waals surface area contributed by atoms with E-state index in [1.165, 1.54) is 12.8 Å². The van der Waals surface area contributed by atoms with Crippen molar-refractivity contribution in [1.82, 2.24) is 34.6 Å². The Hall–Kier alpha value is -4.09. The summed E-state index contributed by atoms with van der Waals surface area (Å²) in [5.41, 5.74) is 4.62.